The lowest BCUT2D eigenvalue weighted by molar-refractivity contribution is 0.0655. The zero-order chi connectivity index (χ0) is 9.31. The SMILES string of the molecule is Oc1cccc(C2(O)CCSC2)c1. The van der Waals surface area contributed by atoms with Gasteiger partial charge in [0.15, 0.2) is 0 Å². The van der Waals surface area contributed by atoms with Crippen molar-refractivity contribution in [1.82, 2.24) is 0 Å². The van der Waals surface area contributed by atoms with E-state index in [0.717, 1.165) is 23.5 Å². The number of phenolic OH excluding ortho intramolecular Hbond substituents is 1. The summed E-state index contributed by atoms with van der Waals surface area (Å²) in [5.74, 6) is 1.95. The van der Waals surface area contributed by atoms with E-state index in [0.29, 0.717) is 0 Å². The van der Waals surface area contributed by atoms with E-state index in [9.17, 15) is 10.2 Å². The molecule has 0 saturated carbocycles. The van der Waals surface area contributed by atoms with Gasteiger partial charge in [0.05, 0.1) is 5.60 Å². The average Bonchev–Trinajstić information content (AvgIpc) is 2.54. The van der Waals surface area contributed by atoms with Crippen molar-refractivity contribution in [2.75, 3.05) is 11.5 Å². The molecular weight excluding hydrogens is 184 g/mol. The van der Waals surface area contributed by atoms with Crippen LogP contribution in [-0.2, 0) is 5.60 Å². The second-order valence-corrected chi connectivity index (χ2v) is 4.49. The number of hydrogen-bond donors (Lipinski definition) is 2. The van der Waals surface area contributed by atoms with Gasteiger partial charge in [0.1, 0.15) is 5.75 Å². The van der Waals surface area contributed by atoms with Gasteiger partial charge < -0.3 is 10.2 Å². The molecule has 1 saturated heterocycles. The summed E-state index contributed by atoms with van der Waals surface area (Å²) in [7, 11) is 0. The predicted octanol–water partition coefficient (Wildman–Crippen LogP) is 1.72. The molecule has 13 heavy (non-hydrogen) atoms. The Morgan fingerprint density at radius 2 is 2.23 bits per heavy atom. The van der Waals surface area contributed by atoms with E-state index < -0.39 is 5.60 Å². The molecule has 0 radical (unpaired) electrons. The fraction of sp³-hybridized carbons (Fsp3) is 0.400. The smallest absolute Gasteiger partial charge is 0.115 e. The summed E-state index contributed by atoms with van der Waals surface area (Å²) in [6.07, 6.45) is 0.779. The van der Waals surface area contributed by atoms with Crippen LogP contribution in [0.1, 0.15) is 12.0 Å². The van der Waals surface area contributed by atoms with Crippen LogP contribution >= 0.6 is 11.8 Å². The van der Waals surface area contributed by atoms with Gasteiger partial charge in [-0.2, -0.15) is 11.8 Å². The molecular formula is C10H12O2S. The van der Waals surface area contributed by atoms with E-state index in [1.165, 1.54) is 0 Å². The van der Waals surface area contributed by atoms with E-state index in [-0.39, 0.29) is 5.75 Å². The first-order valence-corrected chi connectivity index (χ1v) is 5.46. The number of phenols is 1. The number of rotatable bonds is 1. The molecule has 0 aromatic heterocycles. The number of hydrogen-bond acceptors (Lipinski definition) is 3. The Morgan fingerprint density at radius 3 is 2.85 bits per heavy atom. The van der Waals surface area contributed by atoms with Gasteiger partial charge in [0.2, 0.25) is 0 Å². The van der Waals surface area contributed by atoms with Crippen molar-refractivity contribution < 1.29 is 10.2 Å². The second kappa shape index (κ2) is 3.24. The molecule has 1 heterocycles. The topological polar surface area (TPSA) is 40.5 Å². The first-order valence-electron chi connectivity index (χ1n) is 4.30. The second-order valence-electron chi connectivity index (χ2n) is 3.38. The lowest BCUT2D eigenvalue weighted by Crippen LogP contribution is -2.24. The van der Waals surface area contributed by atoms with Gasteiger partial charge >= 0.3 is 0 Å². The number of thioether (sulfide) groups is 1. The molecule has 2 N–H and O–H groups in total. The molecule has 2 rings (SSSR count). The maximum atomic E-state index is 10.2. The van der Waals surface area contributed by atoms with Gasteiger partial charge in [-0.3, -0.25) is 0 Å². The summed E-state index contributed by atoms with van der Waals surface area (Å²) < 4.78 is 0. The van der Waals surface area contributed by atoms with Gasteiger partial charge in [-0.15, -0.1) is 0 Å². The van der Waals surface area contributed by atoms with Crippen molar-refractivity contribution in [3.8, 4) is 5.75 Å². The van der Waals surface area contributed by atoms with Crippen molar-refractivity contribution in [2.24, 2.45) is 0 Å². The Kier molecular flexibility index (Phi) is 2.22. The average molecular weight is 196 g/mol. The first kappa shape index (κ1) is 8.91. The summed E-state index contributed by atoms with van der Waals surface area (Å²) >= 11 is 1.75. The fourth-order valence-corrected chi connectivity index (χ4v) is 2.85. The molecule has 1 aliphatic rings. The monoisotopic (exact) mass is 196 g/mol. The molecule has 1 atom stereocenters. The van der Waals surface area contributed by atoms with Crippen molar-refractivity contribution in [3.05, 3.63) is 29.8 Å². The number of benzene rings is 1. The zero-order valence-electron chi connectivity index (χ0n) is 7.23. The molecule has 1 aliphatic heterocycles. The molecule has 0 spiro atoms. The molecule has 0 aliphatic carbocycles. The van der Waals surface area contributed by atoms with Crippen molar-refractivity contribution in [3.63, 3.8) is 0 Å². The lowest BCUT2D eigenvalue weighted by Gasteiger charge is -2.21. The Labute approximate surface area is 81.6 Å². The minimum absolute atomic E-state index is 0.225. The Morgan fingerprint density at radius 1 is 1.38 bits per heavy atom. The van der Waals surface area contributed by atoms with E-state index in [4.69, 9.17) is 0 Å². The van der Waals surface area contributed by atoms with Crippen LogP contribution in [0, 0.1) is 0 Å². The molecule has 1 aromatic rings. The molecule has 2 nitrogen and oxygen atoms in total. The third kappa shape index (κ3) is 1.67. The molecule has 1 unspecified atom stereocenters. The van der Waals surface area contributed by atoms with Gasteiger partial charge in [0.25, 0.3) is 0 Å². The highest BCUT2D eigenvalue weighted by molar-refractivity contribution is 7.99. The van der Waals surface area contributed by atoms with E-state index >= 15 is 0 Å². The van der Waals surface area contributed by atoms with Gasteiger partial charge in [-0.25, -0.2) is 0 Å². The summed E-state index contributed by atoms with van der Waals surface area (Å²) in [6.45, 7) is 0. The van der Waals surface area contributed by atoms with E-state index in [1.807, 2.05) is 6.07 Å². The quantitative estimate of drug-likeness (QED) is 0.718. The van der Waals surface area contributed by atoms with Crippen LogP contribution < -0.4 is 0 Å². The fourth-order valence-electron chi connectivity index (χ4n) is 1.58. The summed E-state index contributed by atoms with van der Waals surface area (Å²) in [6, 6.07) is 6.90. The third-order valence-corrected chi connectivity index (χ3v) is 3.56. The van der Waals surface area contributed by atoms with E-state index in [2.05, 4.69) is 0 Å². The standard InChI is InChI=1S/C10H12O2S/c11-9-3-1-2-8(6-9)10(12)4-5-13-7-10/h1-3,6,11-12H,4-5,7H2. The maximum Gasteiger partial charge on any atom is 0.115 e. The Hall–Kier alpha value is -0.670. The highest BCUT2D eigenvalue weighted by Gasteiger charge is 2.33. The van der Waals surface area contributed by atoms with Crippen molar-refractivity contribution >= 4 is 11.8 Å². The lowest BCUT2D eigenvalue weighted by atomic mass is 9.93. The highest BCUT2D eigenvalue weighted by Crippen LogP contribution is 2.37. The van der Waals surface area contributed by atoms with Crippen LogP contribution in [0.3, 0.4) is 0 Å². The van der Waals surface area contributed by atoms with Crippen LogP contribution in [0.4, 0.5) is 0 Å². The summed E-state index contributed by atoms with van der Waals surface area (Å²) in [5.41, 5.74) is 0.112. The van der Waals surface area contributed by atoms with Crippen LogP contribution in [0.15, 0.2) is 24.3 Å². The Balaban J connectivity index is 2.33. The summed E-state index contributed by atoms with van der Waals surface area (Å²) in [5, 5.41) is 19.4. The van der Waals surface area contributed by atoms with Crippen LogP contribution in [0.2, 0.25) is 0 Å². The van der Waals surface area contributed by atoms with Crippen LogP contribution in [-0.4, -0.2) is 21.7 Å². The van der Waals surface area contributed by atoms with Gasteiger partial charge in [0, 0.05) is 5.75 Å². The zero-order valence-corrected chi connectivity index (χ0v) is 8.05. The minimum Gasteiger partial charge on any atom is -0.508 e. The van der Waals surface area contributed by atoms with Crippen LogP contribution in [0.5, 0.6) is 5.75 Å². The van der Waals surface area contributed by atoms with Gasteiger partial charge in [-0.05, 0) is 29.9 Å². The van der Waals surface area contributed by atoms with E-state index in [1.54, 1.807) is 30.0 Å². The van der Waals surface area contributed by atoms with Crippen LogP contribution in [0.25, 0.3) is 0 Å². The minimum atomic E-state index is -0.719. The first-order chi connectivity index (χ1) is 6.21. The summed E-state index contributed by atoms with van der Waals surface area (Å²) in [4.78, 5) is 0. The predicted molar refractivity (Wildman–Crippen MR) is 53.9 cm³/mol. The van der Waals surface area contributed by atoms with Crippen molar-refractivity contribution in [2.45, 2.75) is 12.0 Å². The Bertz CT molecular complexity index is 306. The molecule has 70 valence electrons. The number of aromatic hydroxyl groups is 1. The van der Waals surface area contributed by atoms with Crippen molar-refractivity contribution in [1.29, 1.82) is 0 Å². The third-order valence-electron chi connectivity index (χ3n) is 2.38. The molecule has 3 heteroatoms. The largest absolute Gasteiger partial charge is 0.508 e. The molecule has 1 fully saturated rings. The normalized spacial score (nSPS) is 27.8. The molecule has 0 amide bonds. The highest BCUT2D eigenvalue weighted by atomic mass is 32.2. The van der Waals surface area contributed by atoms with Gasteiger partial charge in [-0.1, -0.05) is 12.1 Å². The molecule has 1 aromatic carbocycles. The molecule has 0 bridgehead atoms. The number of aliphatic hydroxyl groups is 1. The maximum absolute atomic E-state index is 10.2.